The van der Waals surface area contributed by atoms with Gasteiger partial charge in [0.05, 0.1) is 5.69 Å². The quantitative estimate of drug-likeness (QED) is 0.679. The average Bonchev–Trinajstić information content (AvgIpc) is 2.61. The fraction of sp³-hybridized carbons (Fsp3) is 0.150. The molecule has 0 bridgehead atoms. The van der Waals surface area contributed by atoms with Crippen LogP contribution in [0.1, 0.15) is 19.3 Å². The van der Waals surface area contributed by atoms with E-state index in [1.165, 1.54) is 0 Å². The molecule has 0 unspecified atom stereocenters. The Bertz CT molecular complexity index is 731. The Morgan fingerprint density at radius 3 is 2.35 bits per heavy atom. The van der Waals surface area contributed by atoms with E-state index in [9.17, 15) is 0 Å². The fourth-order valence-corrected chi connectivity index (χ4v) is 2.82. The minimum Gasteiger partial charge on any atom is -0.361 e. The molecule has 116 valence electrons. The van der Waals surface area contributed by atoms with Crippen molar-refractivity contribution in [1.82, 2.24) is 0 Å². The molecule has 0 atom stereocenters. The van der Waals surface area contributed by atoms with Crippen molar-refractivity contribution in [1.29, 1.82) is 0 Å². The zero-order valence-corrected chi connectivity index (χ0v) is 13.6. The highest BCUT2D eigenvalue weighted by molar-refractivity contribution is 6.33. The van der Waals surface area contributed by atoms with Crippen molar-refractivity contribution >= 4 is 29.2 Å². The van der Waals surface area contributed by atoms with Crippen LogP contribution in [0.5, 0.6) is 0 Å². The first-order valence-corrected chi connectivity index (χ1v) is 8.19. The normalized spacial score (nSPS) is 17.0. The highest BCUT2D eigenvalue weighted by Crippen LogP contribution is 2.32. The van der Waals surface area contributed by atoms with Crippen LogP contribution in [0.4, 0.5) is 11.4 Å². The number of allylic oxidation sites excluding steroid dienone is 3. The van der Waals surface area contributed by atoms with Crippen molar-refractivity contribution in [2.24, 2.45) is 4.99 Å². The van der Waals surface area contributed by atoms with Gasteiger partial charge in [-0.25, -0.2) is 0 Å². The minimum atomic E-state index is 0.819. The summed E-state index contributed by atoms with van der Waals surface area (Å²) in [5.41, 5.74) is 4.25. The van der Waals surface area contributed by atoms with Crippen LogP contribution in [0.2, 0.25) is 0 Å². The summed E-state index contributed by atoms with van der Waals surface area (Å²) in [7, 11) is 0. The molecule has 1 N–H and O–H groups in total. The van der Waals surface area contributed by atoms with Gasteiger partial charge in [-0.15, -0.1) is 0 Å². The maximum Gasteiger partial charge on any atom is 0.0629 e. The van der Waals surface area contributed by atoms with Crippen LogP contribution >= 0.6 is 11.6 Å². The number of benzene rings is 2. The molecule has 2 nitrogen and oxygen atoms in total. The molecule has 1 aliphatic rings. The lowest BCUT2D eigenvalue weighted by molar-refractivity contribution is 0.800. The molecule has 0 radical (unpaired) electrons. The number of nitrogens with one attached hydrogen (secondary N) is 1. The molecule has 0 aromatic heterocycles. The topological polar surface area (TPSA) is 24.4 Å². The van der Waals surface area contributed by atoms with E-state index in [1.54, 1.807) is 0 Å². The smallest absolute Gasteiger partial charge is 0.0629 e. The molecular weight excluding hydrogens is 304 g/mol. The Morgan fingerprint density at radius 1 is 0.913 bits per heavy atom. The van der Waals surface area contributed by atoms with Crippen LogP contribution < -0.4 is 5.32 Å². The Balaban J connectivity index is 1.76. The Morgan fingerprint density at radius 2 is 1.61 bits per heavy atom. The van der Waals surface area contributed by atoms with E-state index in [-0.39, 0.29) is 0 Å². The zero-order valence-electron chi connectivity index (χ0n) is 12.9. The van der Waals surface area contributed by atoms with Crippen LogP contribution in [-0.2, 0) is 0 Å². The van der Waals surface area contributed by atoms with Crippen LogP contribution in [0.25, 0.3) is 0 Å². The van der Waals surface area contributed by atoms with Crippen LogP contribution in [-0.4, -0.2) is 6.21 Å². The van der Waals surface area contributed by atoms with E-state index >= 15 is 0 Å². The van der Waals surface area contributed by atoms with Crippen LogP contribution in [0, 0.1) is 0 Å². The van der Waals surface area contributed by atoms with Gasteiger partial charge in [-0.05, 0) is 54.7 Å². The number of aliphatic imine (C=N–C) groups is 1. The lowest BCUT2D eigenvalue weighted by atomic mass is 9.96. The Kier molecular flexibility index (Phi) is 5.28. The summed E-state index contributed by atoms with van der Waals surface area (Å²) in [6, 6.07) is 20.0. The molecule has 0 saturated carbocycles. The van der Waals surface area contributed by atoms with E-state index in [2.05, 4.69) is 10.3 Å². The van der Waals surface area contributed by atoms with Crippen molar-refractivity contribution < 1.29 is 0 Å². The highest BCUT2D eigenvalue weighted by Gasteiger charge is 2.14. The van der Waals surface area contributed by atoms with E-state index in [4.69, 9.17) is 11.6 Å². The molecule has 0 saturated heterocycles. The van der Waals surface area contributed by atoms with Gasteiger partial charge in [0, 0.05) is 23.1 Å². The summed E-state index contributed by atoms with van der Waals surface area (Å²) in [5, 5.41) is 4.13. The SMILES string of the molecule is ClC1=C(C=Nc2ccccc2)CCCC1=CNc1ccccc1. The van der Waals surface area contributed by atoms with E-state index in [0.29, 0.717) is 0 Å². The van der Waals surface area contributed by atoms with Gasteiger partial charge in [-0.3, -0.25) is 4.99 Å². The molecule has 1 aliphatic carbocycles. The molecule has 3 heteroatoms. The molecule has 0 heterocycles. The second-order valence-corrected chi connectivity index (χ2v) is 5.84. The Hall–Kier alpha value is -2.32. The van der Waals surface area contributed by atoms with Gasteiger partial charge in [-0.2, -0.15) is 0 Å². The molecule has 3 rings (SSSR count). The zero-order chi connectivity index (χ0) is 15.9. The van der Waals surface area contributed by atoms with Crippen molar-refractivity contribution in [3.05, 3.63) is 83.0 Å². The number of anilines is 1. The number of hydrogen-bond donors (Lipinski definition) is 1. The molecule has 0 aliphatic heterocycles. The number of para-hydroxylation sites is 2. The van der Waals surface area contributed by atoms with Gasteiger partial charge in [-0.1, -0.05) is 48.0 Å². The van der Waals surface area contributed by atoms with E-state index in [0.717, 1.165) is 46.8 Å². The monoisotopic (exact) mass is 322 g/mol. The van der Waals surface area contributed by atoms with E-state index < -0.39 is 0 Å². The third kappa shape index (κ3) is 4.33. The Labute approximate surface area is 142 Å². The van der Waals surface area contributed by atoms with Crippen molar-refractivity contribution in [2.45, 2.75) is 19.3 Å². The molecule has 2 aromatic carbocycles. The summed E-state index contributed by atoms with van der Waals surface area (Å²) >= 11 is 6.56. The summed E-state index contributed by atoms with van der Waals surface area (Å²) in [4.78, 5) is 4.52. The van der Waals surface area contributed by atoms with Crippen LogP contribution in [0.15, 0.2) is 88.0 Å². The average molecular weight is 323 g/mol. The first-order chi connectivity index (χ1) is 11.3. The fourth-order valence-electron chi connectivity index (χ4n) is 2.52. The minimum absolute atomic E-state index is 0.819. The lowest BCUT2D eigenvalue weighted by Crippen LogP contribution is -2.02. The van der Waals surface area contributed by atoms with Crippen LogP contribution in [0.3, 0.4) is 0 Å². The second kappa shape index (κ2) is 7.80. The van der Waals surface area contributed by atoms with Gasteiger partial charge < -0.3 is 5.32 Å². The van der Waals surface area contributed by atoms with Gasteiger partial charge in [0.25, 0.3) is 0 Å². The molecule has 0 amide bonds. The summed E-state index contributed by atoms with van der Waals surface area (Å²) in [6.45, 7) is 0. The number of rotatable bonds is 4. The number of hydrogen-bond acceptors (Lipinski definition) is 2. The molecule has 2 aromatic rings. The molecule has 0 spiro atoms. The maximum absolute atomic E-state index is 6.56. The van der Waals surface area contributed by atoms with Crippen molar-refractivity contribution in [3.63, 3.8) is 0 Å². The highest BCUT2D eigenvalue weighted by atomic mass is 35.5. The summed E-state index contributed by atoms with van der Waals surface area (Å²) in [6.07, 6.45) is 6.95. The third-order valence-electron chi connectivity index (χ3n) is 3.77. The third-order valence-corrected chi connectivity index (χ3v) is 4.25. The predicted molar refractivity (Wildman–Crippen MR) is 99.5 cm³/mol. The summed E-state index contributed by atoms with van der Waals surface area (Å²) < 4.78 is 0. The van der Waals surface area contributed by atoms with E-state index in [1.807, 2.05) is 73.1 Å². The lowest BCUT2D eigenvalue weighted by Gasteiger charge is -2.17. The number of halogens is 1. The van der Waals surface area contributed by atoms with Crippen molar-refractivity contribution in [2.75, 3.05) is 5.32 Å². The first-order valence-electron chi connectivity index (χ1n) is 7.82. The molecular formula is C20H19ClN2. The largest absolute Gasteiger partial charge is 0.361 e. The van der Waals surface area contributed by atoms with Gasteiger partial charge in [0.1, 0.15) is 0 Å². The molecule has 23 heavy (non-hydrogen) atoms. The predicted octanol–water partition coefficient (Wildman–Crippen LogP) is 6.06. The first kappa shape index (κ1) is 15.6. The standard InChI is InChI=1S/C20H19ClN2/c21-20-16(14-22-18-10-3-1-4-11-18)8-7-9-17(20)15-23-19-12-5-2-6-13-19/h1-6,10-15,22H,7-9H2. The molecule has 0 fully saturated rings. The second-order valence-electron chi connectivity index (χ2n) is 5.47. The summed E-state index contributed by atoms with van der Waals surface area (Å²) in [5.74, 6) is 0. The number of nitrogens with zero attached hydrogens (tertiary/aromatic N) is 1. The van der Waals surface area contributed by atoms with Crippen molar-refractivity contribution in [3.8, 4) is 0 Å². The van der Waals surface area contributed by atoms with Gasteiger partial charge in [0.2, 0.25) is 0 Å². The maximum atomic E-state index is 6.56. The van der Waals surface area contributed by atoms with Gasteiger partial charge >= 0.3 is 0 Å². The van der Waals surface area contributed by atoms with Gasteiger partial charge in [0.15, 0.2) is 0 Å².